The van der Waals surface area contributed by atoms with Crippen molar-refractivity contribution in [3.8, 4) is 11.5 Å². The molecule has 1 aromatic carbocycles. The predicted octanol–water partition coefficient (Wildman–Crippen LogP) is 0.265. The minimum Gasteiger partial charge on any atom is -0.454 e. The standard InChI is InChI=1S/C19H26N4O4/c1-18(2)8-13(9-19(3,4)23-18)21-16(24)17(25)22-20-10-12-5-6-14-15(7-12)27-11-26-14/h5-7,10,13,23H,8-9,11H2,1-4H3,(H,21,24)(H,22,25)/p+1/b20-10-. The number of benzene rings is 1. The van der Waals surface area contributed by atoms with Crippen LogP contribution in [0.2, 0.25) is 0 Å². The third kappa shape index (κ3) is 4.97. The predicted molar refractivity (Wildman–Crippen MR) is 99.5 cm³/mol. The highest BCUT2D eigenvalue weighted by Gasteiger charge is 2.42. The Labute approximate surface area is 158 Å². The van der Waals surface area contributed by atoms with Crippen LogP contribution in [-0.2, 0) is 9.59 Å². The first kappa shape index (κ1) is 19.2. The maximum absolute atomic E-state index is 12.2. The van der Waals surface area contributed by atoms with Crippen LogP contribution in [0.25, 0.3) is 0 Å². The summed E-state index contributed by atoms with van der Waals surface area (Å²) in [5.74, 6) is -0.151. The van der Waals surface area contributed by atoms with Crippen molar-refractivity contribution < 1.29 is 24.4 Å². The molecular formula is C19H27N4O4+. The lowest BCUT2D eigenvalue weighted by Crippen LogP contribution is -3.06. The van der Waals surface area contributed by atoms with Gasteiger partial charge in [-0.3, -0.25) is 9.59 Å². The van der Waals surface area contributed by atoms with Gasteiger partial charge in [0.1, 0.15) is 0 Å². The average Bonchev–Trinajstić information content (AvgIpc) is 2.99. The first-order valence-corrected chi connectivity index (χ1v) is 9.04. The number of quaternary nitrogens is 1. The smallest absolute Gasteiger partial charge is 0.329 e. The Morgan fingerprint density at radius 1 is 1.11 bits per heavy atom. The van der Waals surface area contributed by atoms with Crippen LogP contribution < -0.4 is 25.5 Å². The van der Waals surface area contributed by atoms with Crippen LogP contribution in [0, 0.1) is 0 Å². The Bertz CT molecular complexity index is 757. The minimum absolute atomic E-state index is 0.00762. The van der Waals surface area contributed by atoms with E-state index >= 15 is 0 Å². The van der Waals surface area contributed by atoms with E-state index in [0.717, 1.165) is 18.4 Å². The summed E-state index contributed by atoms with van der Waals surface area (Å²) in [7, 11) is 0. The molecule has 0 aromatic heterocycles. The second kappa shape index (κ2) is 7.19. The number of hydrogen-bond acceptors (Lipinski definition) is 5. The van der Waals surface area contributed by atoms with Crippen LogP contribution in [0.4, 0.5) is 0 Å². The molecule has 4 N–H and O–H groups in total. The number of hydrazone groups is 1. The van der Waals surface area contributed by atoms with E-state index < -0.39 is 11.8 Å². The second-order valence-corrected chi connectivity index (χ2v) is 8.51. The molecule has 0 unspecified atom stereocenters. The topological polar surface area (TPSA) is 106 Å². The zero-order valence-corrected chi connectivity index (χ0v) is 16.2. The monoisotopic (exact) mass is 375 g/mol. The Balaban J connectivity index is 1.52. The van der Waals surface area contributed by atoms with E-state index in [1.54, 1.807) is 18.2 Å². The Hall–Kier alpha value is -2.61. The minimum atomic E-state index is -0.780. The highest BCUT2D eigenvalue weighted by molar-refractivity contribution is 6.35. The molecule has 0 saturated carbocycles. The van der Waals surface area contributed by atoms with E-state index in [2.05, 4.69) is 48.9 Å². The van der Waals surface area contributed by atoms with E-state index in [0.29, 0.717) is 11.5 Å². The van der Waals surface area contributed by atoms with E-state index in [1.165, 1.54) is 6.21 Å². The van der Waals surface area contributed by atoms with Gasteiger partial charge in [0.2, 0.25) is 6.79 Å². The van der Waals surface area contributed by atoms with Gasteiger partial charge in [-0.15, -0.1) is 0 Å². The number of nitrogens with one attached hydrogen (secondary N) is 2. The van der Waals surface area contributed by atoms with Gasteiger partial charge in [-0.1, -0.05) is 0 Å². The van der Waals surface area contributed by atoms with E-state index in [-0.39, 0.29) is 23.9 Å². The van der Waals surface area contributed by atoms with Crippen molar-refractivity contribution in [1.29, 1.82) is 0 Å². The molecular weight excluding hydrogens is 348 g/mol. The maximum Gasteiger partial charge on any atom is 0.329 e. The third-order valence-electron chi connectivity index (χ3n) is 4.64. The Kier molecular flexibility index (Phi) is 5.10. The summed E-state index contributed by atoms with van der Waals surface area (Å²) in [5.41, 5.74) is 3.01. The molecule has 1 saturated heterocycles. The summed E-state index contributed by atoms with van der Waals surface area (Å²) in [4.78, 5) is 24.2. The fraction of sp³-hybridized carbons (Fsp3) is 0.526. The Morgan fingerprint density at radius 3 is 2.48 bits per heavy atom. The second-order valence-electron chi connectivity index (χ2n) is 8.51. The Morgan fingerprint density at radius 2 is 1.78 bits per heavy atom. The number of piperidine rings is 1. The first-order valence-electron chi connectivity index (χ1n) is 9.04. The lowest BCUT2D eigenvalue weighted by atomic mass is 9.79. The number of nitrogens with two attached hydrogens (primary N) is 1. The van der Waals surface area contributed by atoms with Gasteiger partial charge in [0, 0.05) is 18.9 Å². The van der Waals surface area contributed by atoms with Crippen molar-refractivity contribution >= 4 is 18.0 Å². The van der Waals surface area contributed by atoms with Crippen molar-refractivity contribution in [3.05, 3.63) is 23.8 Å². The summed E-state index contributed by atoms with van der Waals surface area (Å²) in [6.45, 7) is 8.76. The van der Waals surface area contributed by atoms with Gasteiger partial charge in [-0.2, -0.15) is 5.10 Å². The quantitative estimate of drug-likeness (QED) is 0.400. The number of rotatable bonds is 3. The zero-order valence-electron chi connectivity index (χ0n) is 16.2. The van der Waals surface area contributed by atoms with Crippen molar-refractivity contribution in [3.63, 3.8) is 0 Å². The van der Waals surface area contributed by atoms with Crippen LogP contribution in [0.15, 0.2) is 23.3 Å². The fourth-order valence-corrected chi connectivity index (χ4v) is 4.08. The summed E-state index contributed by atoms with van der Waals surface area (Å²) in [6.07, 6.45) is 3.06. The highest BCUT2D eigenvalue weighted by Crippen LogP contribution is 2.31. The van der Waals surface area contributed by atoms with Crippen LogP contribution in [0.3, 0.4) is 0 Å². The van der Waals surface area contributed by atoms with Crippen molar-refractivity contribution in [1.82, 2.24) is 10.7 Å². The lowest BCUT2D eigenvalue weighted by molar-refractivity contribution is -0.787. The number of nitrogens with zero attached hydrogens (tertiary/aromatic N) is 1. The van der Waals surface area contributed by atoms with Crippen LogP contribution in [0.1, 0.15) is 46.1 Å². The van der Waals surface area contributed by atoms with E-state index in [4.69, 9.17) is 9.47 Å². The van der Waals surface area contributed by atoms with Gasteiger partial charge in [0.15, 0.2) is 11.5 Å². The molecule has 2 heterocycles. The van der Waals surface area contributed by atoms with E-state index in [1.807, 2.05) is 0 Å². The zero-order chi connectivity index (χ0) is 19.7. The molecule has 146 valence electrons. The molecule has 2 aliphatic heterocycles. The van der Waals surface area contributed by atoms with Crippen LogP contribution in [-0.4, -0.2) is 41.9 Å². The van der Waals surface area contributed by atoms with Crippen molar-refractivity contribution in [2.75, 3.05) is 6.79 Å². The summed E-state index contributed by atoms with van der Waals surface area (Å²) >= 11 is 0. The van der Waals surface area contributed by atoms with Gasteiger partial charge >= 0.3 is 11.8 Å². The number of amides is 2. The van der Waals surface area contributed by atoms with E-state index in [9.17, 15) is 9.59 Å². The molecule has 8 heteroatoms. The number of carbonyl (C=O) groups excluding carboxylic acids is 2. The normalized spacial score (nSPS) is 20.4. The lowest BCUT2D eigenvalue weighted by Gasteiger charge is -2.43. The molecule has 1 aromatic rings. The summed E-state index contributed by atoms with van der Waals surface area (Å²) < 4.78 is 10.5. The molecule has 27 heavy (non-hydrogen) atoms. The maximum atomic E-state index is 12.2. The number of fused-ring (bicyclic) bond motifs is 1. The fourth-order valence-electron chi connectivity index (χ4n) is 4.08. The van der Waals surface area contributed by atoms with Crippen molar-refractivity contribution in [2.45, 2.75) is 57.7 Å². The molecule has 0 bridgehead atoms. The highest BCUT2D eigenvalue weighted by atomic mass is 16.7. The largest absolute Gasteiger partial charge is 0.454 e. The first-order chi connectivity index (χ1) is 12.6. The number of carbonyl (C=O) groups is 2. The molecule has 0 spiro atoms. The number of hydrogen-bond donors (Lipinski definition) is 3. The number of ether oxygens (including phenoxy) is 2. The summed E-state index contributed by atoms with van der Waals surface area (Å²) in [6, 6.07) is 5.25. The summed E-state index contributed by atoms with van der Waals surface area (Å²) in [5, 5.41) is 9.00. The third-order valence-corrected chi connectivity index (χ3v) is 4.64. The van der Waals surface area contributed by atoms with Gasteiger partial charge < -0.3 is 20.1 Å². The molecule has 2 amide bonds. The molecule has 1 fully saturated rings. The van der Waals surface area contributed by atoms with Gasteiger partial charge in [0.05, 0.1) is 17.3 Å². The molecule has 0 radical (unpaired) electrons. The van der Waals surface area contributed by atoms with Crippen LogP contribution in [0.5, 0.6) is 11.5 Å². The van der Waals surface area contributed by atoms with Crippen molar-refractivity contribution in [2.24, 2.45) is 5.10 Å². The molecule has 8 nitrogen and oxygen atoms in total. The SMILES string of the molecule is CC1(C)CC(NC(=O)C(=O)N/N=C\c2ccc3c(c2)OCO3)CC(C)(C)[NH2+]1. The van der Waals surface area contributed by atoms with Gasteiger partial charge in [0.25, 0.3) is 0 Å². The molecule has 0 aliphatic carbocycles. The van der Waals surface area contributed by atoms with Crippen LogP contribution >= 0.6 is 0 Å². The average molecular weight is 375 g/mol. The molecule has 2 aliphatic rings. The van der Waals surface area contributed by atoms with Gasteiger partial charge in [-0.25, -0.2) is 5.43 Å². The molecule has 3 rings (SSSR count). The van der Waals surface area contributed by atoms with Gasteiger partial charge in [-0.05, 0) is 51.5 Å². The molecule has 0 atom stereocenters.